The van der Waals surface area contributed by atoms with E-state index in [1.54, 1.807) is 0 Å². The number of likely N-dealkylation sites (N-methyl/N-ethyl adjacent to an activating group) is 1. The molecule has 1 aliphatic heterocycles. The Kier molecular flexibility index (Phi) is 2.80. The van der Waals surface area contributed by atoms with Gasteiger partial charge in [-0.25, -0.2) is 0 Å². The van der Waals surface area contributed by atoms with Crippen LogP contribution in [0.1, 0.15) is 31.0 Å². The summed E-state index contributed by atoms with van der Waals surface area (Å²) in [5.74, 6) is 0. The second kappa shape index (κ2) is 3.92. The molecule has 1 unspecified atom stereocenters. The van der Waals surface area contributed by atoms with Gasteiger partial charge in [0.1, 0.15) is 0 Å². The summed E-state index contributed by atoms with van der Waals surface area (Å²) < 4.78 is 0. The molecule has 0 spiro atoms. The van der Waals surface area contributed by atoms with Crippen LogP contribution in [0.4, 0.5) is 0 Å². The third-order valence-electron chi connectivity index (χ3n) is 3.21. The summed E-state index contributed by atoms with van der Waals surface area (Å²) in [5, 5.41) is 0.935. The van der Waals surface area contributed by atoms with Crippen LogP contribution in [0.15, 0.2) is 18.2 Å². The Labute approximate surface area is 90.7 Å². The fourth-order valence-electron chi connectivity index (χ4n) is 2.31. The number of benzene rings is 1. The fourth-order valence-corrected chi connectivity index (χ4v) is 2.58. The number of hydrogen-bond acceptors (Lipinski definition) is 1. The number of nitrogens with zero attached hydrogens (tertiary/aromatic N) is 1. The van der Waals surface area contributed by atoms with E-state index in [0.29, 0.717) is 6.04 Å². The summed E-state index contributed by atoms with van der Waals surface area (Å²) in [4.78, 5) is 2.48. The monoisotopic (exact) mass is 209 g/mol. The van der Waals surface area contributed by atoms with Gasteiger partial charge in [-0.15, -0.1) is 0 Å². The van der Waals surface area contributed by atoms with E-state index in [9.17, 15) is 0 Å². The topological polar surface area (TPSA) is 3.24 Å². The molecule has 0 saturated carbocycles. The molecule has 0 amide bonds. The second-order valence-corrected chi connectivity index (χ2v) is 4.27. The molecule has 1 atom stereocenters. The van der Waals surface area contributed by atoms with Gasteiger partial charge in [0.15, 0.2) is 0 Å². The Balaban J connectivity index is 2.41. The molecule has 0 radical (unpaired) electrons. The van der Waals surface area contributed by atoms with Crippen LogP contribution in [0.3, 0.4) is 0 Å². The van der Waals surface area contributed by atoms with Gasteiger partial charge in [0.25, 0.3) is 0 Å². The molecule has 0 saturated heterocycles. The Hall–Kier alpha value is -0.530. The minimum atomic E-state index is 0.516. The maximum Gasteiger partial charge on any atom is 0.0441 e. The molecule has 1 nitrogen and oxygen atoms in total. The van der Waals surface area contributed by atoms with Crippen LogP contribution in [0.2, 0.25) is 5.02 Å². The van der Waals surface area contributed by atoms with Gasteiger partial charge in [0.05, 0.1) is 0 Å². The summed E-state index contributed by atoms with van der Waals surface area (Å²) in [6.45, 7) is 6.73. The van der Waals surface area contributed by atoms with Crippen LogP contribution in [0.25, 0.3) is 0 Å². The van der Waals surface area contributed by atoms with Gasteiger partial charge < -0.3 is 0 Å². The van der Waals surface area contributed by atoms with Crippen molar-refractivity contribution < 1.29 is 0 Å². The maximum atomic E-state index is 6.18. The van der Waals surface area contributed by atoms with E-state index in [-0.39, 0.29) is 0 Å². The van der Waals surface area contributed by atoms with Gasteiger partial charge in [-0.1, -0.05) is 30.7 Å². The van der Waals surface area contributed by atoms with Crippen molar-refractivity contribution in [1.29, 1.82) is 0 Å². The SMILES string of the molecule is CCN1CCc2c(Cl)cccc2C1C. The highest BCUT2D eigenvalue weighted by Gasteiger charge is 2.23. The van der Waals surface area contributed by atoms with E-state index in [2.05, 4.69) is 30.9 Å². The first-order chi connectivity index (χ1) is 6.74. The highest BCUT2D eigenvalue weighted by molar-refractivity contribution is 6.31. The van der Waals surface area contributed by atoms with Crippen molar-refractivity contribution in [2.75, 3.05) is 13.1 Å². The normalized spacial score (nSPS) is 22.1. The molecule has 1 aromatic rings. The summed E-state index contributed by atoms with van der Waals surface area (Å²) >= 11 is 6.18. The van der Waals surface area contributed by atoms with Gasteiger partial charge in [-0.2, -0.15) is 0 Å². The largest absolute Gasteiger partial charge is 0.297 e. The highest BCUT2D eigenvalue weighted by atomic mass is 35.5. The zero-order valence-electron chi connectivity index (χ0n) is 8.76. The van der Waals surface area contributed by atoms with Crippen molar-refractivity contribution in [3.63, 3.8) is 0 Å². The van der Waals surface area contributed by atoms with Crippen LogP contribution in [0, 0.1) is 0 Å². The van der Waals surface area contributed by atoms with Crippen molar-refractivity contribution in [3.05, 3.63) is 34.3 Å². The van der Waals surface area contributed by atoms with Gasteiger partial charge >= 0.3 is 0 Å². The minimum absolute atomic E-state index is 0.516. The standard InChI is InChI=1S/C12H16ClN/c1-3-14-8-7-11-10(9(14)2)5-4-6-12(11)13/h4-6,9H,3,7-8H2,1-2H3. The lowest BCUT2D eigenvalue weighted by atomic mass is 9.93. The molecule has 0 bridgehead atoms. The lowest BCUT2D eigenvalue weighted by Crippen LogP contribution is -2.33. The Morgan fingerprint density at radius 1 is 1.50 bits per heavy atom. The van der Waals surface area contributed by atoms with E-state index in [1.807, 2.05) is 6.07 Å². The van der Waals surface area contributed by atoms with Crippen LogP contribution < -0.4 is 0 Å². The van der Waals surface area contributed by atoms with E-state index in [1.165, 1.54) is 11.1 Å². The molecule has 0 fully saturated rings. The van der Waals surface area contributed by atoms with Crippen LogP contribution in [-0.4, -0.2) is 18.0 Å². The van der Waals surface area contributed by atoms with Gasteiger partial charge in [-0.05, 0) is 37.1 Å². The van der Waals surface area contributed by atoms with Crippen molar-refractivity contribution in [2.24, 2.45) is 0 Å². The quantitative estimate of drug-likeness (QED) is 0.686. The number of hydrogen-bond donors (Lipinski definition) is 0. The molecule has 0 N–H and O–H groups in total. The van der Waals surface area contributed by atoms with Crippen molar-refractivity contribution in [1.82, 2.24) is 4.90 Å². The molecular formula is C12H16ClN. The van der Waals surface area contributed by atoms with Crippen molar-refractivity contribution in [3.8, 4) is 0 Å². The van der Waals surface area contributed by atoms with E-state index in [0.717, 1.165) is 24.5 Å². The average Bonchev–Trinajstić information content (AvgIpc) is 2.20. The zero-order valence-corrected chi connectivity index (χ0v) is 9.51. The van der Waals surface area contributed by atoms with Crippen LogP contribution >= 0.6 is 11.6 Å². The first kappa shape index (κ1) is 10.0. The Bertz CT molecular complexity index is 335. The third-order valence-corrected chi connectivity index (χ3v) is 3.56. The molecule has 76 valence electrons. The number of rotatable bonds is 1. The fraction of sp³-hybridized carbons (Fsp3) is 0.500. The third kappa shape index (κ3) is 1.55. The number of halogens is 1. The lowest BCUT2D eigenvalue weighted by molar-refractivity contribution is 0.210. The van der Waals surface area contributed by atoms with Gasteiger partial charge in [-0.3, -0.25) is 4.90 Å². The Morgan fingerprint density at radius 3 is 3.00 bits per heavy atom. The molecule has 1 aromatic carbocycles. The van der Waals surface area contributed by atoms with Gasteiger partial charge in [0.2, 0.25) is 0 Å². The predicted molar refractivity (Wildman–Crippen MR) is 60.8 cm³/mol. The zero-order chi connectivity index (χ0) is 10.1. The van der Waals surface area contributed by atoms with E-state index < -0.39 is 0 Å². The second-order valence-electron chi connectivity index (χ2n) is 3.86. The van der Waals surface area contributed by atoms with Crippen molar-refractivity contribution >= 4 is 11.6 Å². The molecule has 0 aromatic heterocycles. The number of fused-ring (bicyclic) bond motifs is 1. The Morgan fingerprint density at radius 2 is 2.29 bits per heavy atom. The molecule has 14 heavy (non-hydrogen) atoms. The predicted octanol–water partition coefficient (Wildman–Crippen LogP) is 3.28. The van der Waals surface area contributed by atoms with Crippen molar-refractivity contribution in [2.45, 2.75) is 26.3 Å². The molecule has 1 heterocycles. The summed E-state index contributed by atoms with van der Waals surface area (Å²) in [6.07, 6.45) is 1.09. The smallest absolute Gasteiger partial charge is 0.0441 e. The van der Waals surface area contributed by atoms with E-state index >= 15 is 0 Å². The first-order valence-corrected chi connectivity index (χ1v) is 5.63. The van der Waals surface area contributed by atoms with Crippen LogP contribution in [0.5, 0.6) is 0 Å². The molecule has 1 aliphatic rings. The van der Waals surface area contributed by atoms with Gasteiger partial charge in [0, 0.05) is 17.6 Å². The highest BCUT2D eigenvalue weighted by Crippen LogP contribution is 2.32. The average molecular weight is 210 g/mol. The molecule has 0 aliphatic carbocycles. The summed E-state index contributed by atoms with van der Waals surface area (Å²) in [7, 11) is 0. The molecule has 2 heteroatoms. The summed E-state index contributed by atoms with van der Waals surface area (Å²) in [5.41, 5.74) is 2.76. The molecule has 2 rings (SSSR count). The maximum absolute atomic E-state index is 6.18. The summed E-state index contributed by atoms with van der Waals surface area (Å²) in [6, 6.07) is 6.77. The van der Waals surface area contributed by atoms with Crippen LogP contribution in [-0.2, 0) is 6.42 Å². The first-order valence-electron chi connectivity index (χ1n) is 5.25. The molecular weight excluding hydrogens is 194 g/mol. The minimum Gasteiger partial charge on any atom is -0.297 e. The lowest BCUT2D eigenvalue weighted by Gasteiger charge is -2.34. The van der Waals surface area contributed by atoms with E-state index in [4.69, 9.17) is 11.6 Å².